The van der Waals surface area contributed by atoms with Crippen LogP contribution in [0.25, 0.3) is 0 Å². The minimum absolute atomic E-state index is 0.0840. The van der Waals surface area contributed by atoms with Crippen LogP contribution in [0.3, 0.4) is 0 Å². The molecule has 4 aromatic rings. The van der Waals surface area contributed by atoms with Crippen molar-refractivity contribution in [3.05, 3.63) is 131 Å². The first-order chi connectivity index (χ1) is 26.9. The first kappa shape index (κ1) is 38.9. The van der Waals surface area contributed by atoms with Gasteiger partial charge in [0.1, 0.15) is 29.0 Å². The summed E-state index contributed by atoms with van der Waals surface area (Å²) in [6.45, 7) is 1.78. The summed E-state index contributed by atoms with van der Waals surface area (Å²) < 4.78 is 15.9. The molecular weight excluding hydrogens is 758 g/mol. The van der Waals surface area contributed by atoms with Gasteiger partial charge >= 0.3 is 12.1 Å². The molecule has 3 aromatic heterocycles. The van der Waals surface area contributed by atoms with E-state index >= 15 is 4.39 Å². The Bertz CT molecular complexity index is 2140. The summed E-state index contributed by atoms with van der Waals surface area (Å²) in [4.78, 5) is 56.0. The molecule has 2 aliphatic carbocycles. The lowest BCUT2D eigenvalue weighted by atomic mass is 9.75. The zero-order valence-corrected chi connectivity index (χ0v) is 32.0. The zero-order chi connectivity index (χ0) is 39.5. The van der Waals surface area contributed by atoms with Gasteiger partial charge in [-0.05, 0) is 78.8 Å². The van der Waals surface area contributed by atoms with Crippen LogP contribution < -0.4 is 21.3 Å². The molecule has 5 amide bonds. The Morgan fingerprint density at radius 3 is 2.29 bits per heavy atom. The molecule has 1 aliphatic heterocycles. The Morgan fingerprint density at radius 2 is 1.64 bits per heavy atom. The molecule has 4 heterocycles. The number of β-amino-alcohol motifs (C(OH)–C–C–N with tert-alkyl or cyclic N) is 1. The summed E-state index contributed by atoms with van der Waals surface area (Å²) >= 11 is 12.0. The van der Waals surface area contributed by atoms with Crippen molar-refractivity contribution >= 4 is 58.5 Å². The molecule has 290 valence electrons. The van der Waals surface area contributed by atoms with Crippen molar-refractivity contribution in [1.82, 2.24) is 25.2 Å². The highest BCUT2D eigenvalue weighted by Gasteiger charge is 2.52. The quantitative estimate of drug-likeness (QED) is 0.103. The average Bonchev–Trinajstić information content (AvgIpc) is 3.95. The van der Waals surface area contributed by atoms with Gasteiger partial charge in [0.2, 0.25) is 5.91 Å². The van der Waals surface area contributed by atoms with Crippen LogP contribution >= 0.6 is 23.2 Å². The Hall–Kier alpha value is -5.37. The summed E-state index contributed by atoms with van der Waals surface area (Å²) in [5.41, 5.74) is -1.96. The maximum Gasteiger partial charge on any atom is 0.323 e. The molecule has 12 nitrogen and oxygen atoms in total. The number of aromatic nitrogens is 3. The van der Waals surface area contributed by atoms with Crippen molar-refractivity contribution in [2.24, 2.45) is 17.8 Å². The molecule has 1 saturated heterocycles. The number of carbonyl (C=O) groups excluding carboxylic acids is 3. The third-order valence-electron chi connectivity index (χ3n) is 10.7. The van der Waals surface area contributed by atoms with Crippen LogP contribution in [-0.2, 0) is 10.3 Å². The largest absolute Gasteiger partial charge is 0.387 e. The highest BCUT2D eigenvalue weighted by Crippen LogP contribution is 2.43. The van der Waals surface area contributed by atoms with Gasteiger partial charge in [-0.1, -0.05) is 79.4 Å². The molecule has 7 rings (SSSR count). The second-order valence-electron chi connectivity index (χ2n) is 14.6. The number of nitrogens with zero attached hydrogens (tertiary/aromatic N) is 4. The number of amides is 5. The van der Waals surface area contributed by atoms with Gasteiger partial charge in [0, 0.05) is 30.9 Å². The van der Waals surface area contributed by atoms with Crippen LogP contribution in [0.2, 0.25) is 10.0 Å². The standard InChI is InChI=1S/C41H41Cl2FN8O4/c1-25-6-2-3-7-30(25)40(56)21-33(52(24-40)39(55)50-36-16-13-29(43)23-47-36)37(53)48-32-20-27(11-14-31(32)44)41(18-17-26-9-10-26,34-8-4-5-19-45-34)51-38(54)49-35-15-12-28(42)22-46-35/h2-8,11-16,19-20,22-23,25-26,30,33,56H,9-10,17-18,21,24H2,1H3,(H,48,53)(H,47,50,55)(H2,46,49,51,54)/t25?,30?,33-,40-,41?/m1/s1. The van der Waals surface area contributed by atoms with E-state index in [0.717, 1.165) is 19.3 Å². The third-order valence-corrected chi connectivity index (χ3v) is 11.1. The molecule has 3 unspecified atom stereocenters. The maximum absolute atomic E-state index is 15.9. The molecule has 1 aromatic carbocycles. The molecule has 3 aliphatic rings. The number of nitrogens with one attached hydrogen (secondary N) is 4. The third kappa shape index (κ3) is 8.70. The molecule has 0 radical (unpaired) electrons. The van der Waals surface area contributed by atoms with Crippen molar-refractivity contribution in [1.29, 1.82) is 0 Å². The van der Waals surface area contributed by atoms with Gasteiger partial charge in [-0.3, -0.25) is 20.4 Å². The highest BCUT2D eigenvalue weighted by molar-refractivity contribution is 6.30. The van der Waals surface area contributed by atoms with Crippen LogP contribution in [0.4, 0.5) is 31.3 Å². The monoisotopic (exact) mass is 798 g/mol. The van der Waals surface area contributed by atoms with Crippen LogP contribution in [0.1, 0.15) is 50.3 Å². The average molecular weight is 800 g/mol. The molecule has 15 heteroatoms. The highest BCUT2D eigenvalue weighted by atomic mass is 35.5. The minimum Gasteiger partial charge on any atom is -0.387 e. The van der Waals surface area contributed by atoms with Crippen LogP contribution in [-0.4, -0.2) is 61.1 Å². The number of benzene rings is 1. The van der Waals surface area contributed by atoms with Crippen LogP contribution in [0, 0.1) is 23.6 Å². The van der Waals surface area contributed by atoms with E-state index in [1.165, 1.54) is 35.5 Å². The molecule has 56 heavy (non-hydrogen) atoms. The second kappa shape index (κ2) is 16.4. The number of hydrogen-bond acceptors (Lipinski definition) is 7. The molecule has 5 atom stereocenters. The topological polar surface area (TPSA) is 161 Å². The molecule has 0 bridgehead atoms. The van der Waals surface area contributed by atoms with E-state index in [2.05, 4.69) is 36.2 Å². The van der Waals surface area contributed by atoms with E-state index in [0.29, 0.717) is 33.6 Å². The lowest BCUT2D eigenvalue weighted by molar-refractivity contribution is -0.119. The summed E-state index contributed by atoms with van der Waals surface area (Å²) in [7, 11) is 0. The van der Waals surface area contributed by atoms with Gasteiger partial charge in [-0.15, -0.1) is 0 Å². The van der Waals surface area contributed by atoms with Crippen molar-refractivity contribution < 1.29 is 23.9 Å². The van der Waals surface area contributed by atoms with E-state index in [-0.39, 0.29) is 36.2 Å². The zero-order valence-electron chi connectivity index (χ0n) is 30.5. The van der Waals surface area contributed by atoms with Crippen molar-refractivity contribution in [2.75, 3.05) is 22.5 Å². The van der Waals surface area contributed by atoms with Gasteiger partial charge < -0.3 is 20.6 Å². The number of likely N-dealkylation sites (tertiary alicyclic amines) is 1. The van der Waals surface area contributed by atoms with E-state index in [1.807, 2.05) is 31.2 Å². The number of carbonyl (C=O) groups is 3. The smallest absolute Gasteiger partial charge is 0.323 e. The number of pyridine rings is 3. The fourth-order valence-corrected chi connectivity index (χ4v) is 7.80. The second-order valence-corrected chi connectivity index (χ2v) is 15.5. The number of aliphatic hydroxyl groups is 1. The molecular formula is C41H41Cl2FN8O4. The van der Waals surface area contributed by atoms with E-state index in [4.69, 9.17) is 23.2 Å². The first-order valence-corrected chi connectivity index (χ1v) is 19.2. The number of allylic oxidation sites excluding steroid dienone is 3. The number of anilines is 3. The Labute approximate surface area is 333 Å². The minimum atomic E-state index is -1.49. The molecule has 1 saturated carbocycles. The first-order valence-electron chi connectivity index (χ1n) is 18.4. The number of hydrogen-bond donors (Lipinski definition) is 5. The Balaban J connectivity index is 1.21. The summed E-state index contributed by atoms with van der Waals surface area (Å²) in [6, 6.07) is 13.4. The molecule has 5 N–H and O–H groups in total. The van der Waals surface area contributed by atoms with Gasteiger partial charge in [0.05, 0.1) is 33.6 Å². The lowest BCUT2D eigenvalue weighted by Gasteiger charge is -2.35. The number of rotatable bonds is 11. The number of urea groups is 2. The van der Waals surface area contributed by atoms with Crippen molar-refractivity contribution in [3.63, 3.8) is 0 Å². The Kier molecular flexibility index (Phi) is 11.4. The Morgan fingerprint density at radius 1 is 0.929 bits per heavy atom. The fraction of sp³-hybridized carbons (Fsp3) is 0.317. The van der Waals surface area contributed by atoms with Gasteiger partial charge in [-0.2, -0.15) is 0 Å². The van der Waals surface area contributed by atoms with Gasteiger partial charge in [0.25, 0.3) is 0 Å². The fourth-order valence-electron chi connectivity index (χ4n) is 7.58. The van der Waals surface area contributed by atoms with Gasteiger partial charge in [0.15, 0.2) is 0 Å². The summed E-state index contributed by atoms with van der Waals surface area (Å²) in [5.74, 6) is -1.01. The van der Waals surface area contributed by atoms with E-state index < -0.39 is 46.9 Å². The predicted octanol–water partition coefficient (Wildman–Crippen LogP) is 7.93. The van der Waals surface area contributed by atoms with Crippen LogP contribution in [0.15, 0.2) is 104 Å². The SMILES string of the molecule is CC1C=CC=CC1[C@@]1(O)C[C@H](C(=O)Nc2cc(C(CCC3CC3)(NC(=O)Nc3ccc(Cl)cn3)c3ccccn3)ccc2F)N(C(=O)Nc2ccc(Cl)cn2)C1. The van der Waals surface area contributed by atoms with E-state index in [9.17, 15) is 19.5 Å². The summed E-state index contributed by atoms with van der Waals surface area (Å²) in [6.07, 6.45) is 15.1. The lowest BCUT2D eigenvalue weighted by Crippen LogP contribution is -2.49. The summed E-state index contributed by atoms with van der Waals surface area (Å²) in [5, 5.41) is 24.2. The van der Waals surface area contributed by atoms with Crippen molar-refractivity contribution in [2.45, 2.75) is 56.2 Å². The normalized spacial score (nSPS) is 22.6. The molecule has 0 spiro atoms. The van der Waals surface area contributed by atoms with Crippen LogP contribution in [0.5, 0.6) is 0 Å². The van der Waals surface area contributed by atoms with Crippen molar-refractivity contribution in [3.8, 4) is 0 Å². The predicted molar refractivity (Wildman–Crippen MR) is 213 cm³/mol. The maximum atomic E-state index is 15.9. The molecule has 2 fully saturated rings. The van der Waals surface area contributed by atoms with Gasteiger partial charge in [-0.25, -0.2) is 23.9 Å². The van der Waals surface area contributed by atoms with E-state index in [1.54, 1.807) is 48.7 Å². The number of halogens is 3.